The Morgan fingerprint density at radius 2 is 1.73 bits per heavy atom. The van der Waals surface area contributed by atoms with Crippen molar-refractivity contribution in [3.63, 3.8) is 0 Å². The Labute approximate surface area is 155 Å². The van der Waals surface area contributed by atoms with Crippen molar-refractivity contribution in [3.8, 4) is 0 Å². The fourth-order valence-electron chi connectivity index (χ4n) is 3.04. The number of aromatic carboxylic acids is 1. The second-order valence-electron chi connectivity index (χ2n) is 6.23. The third-order valence-corrected chi connectivity index (χ3v) is 7.83. The van der Waals surface area contributed by atoms with E-state index in [4.69, 9.17) is 5.11 Å². The van der Waals surface area contributed by atoms with E-state index in [2.05, 4.69) is 5.32 Å². The van der Waals surface area contributed by atoms with Gasteiger partial charge in [-0.3, -0.25) is 4.79 Å². The molecule has 3 rings (SSSR count). The lowest BCUT2D eigenvalue weighted by molar-refractivity contribution is 0.0702. The molecule has 1 aliphatic carbocycles. The average molecular weight is 393 g/mol. The number of carboxylic acids is 1. The van der Waals surface area contributed by atoms with Gasteiger partial charge in [0.25, 0.3) is 5.91 Å². The molecule has 8 heteroatoms. The highest BCUT2D eigenvalue weighted by atomic mass is 32.2. The molecule has 2 aromatic rings. The van der Waals surface area contributed by atoms with E-state index < -0.39 is 15.8 Å². The Hall–Kier alpha value is -2.19. The monoisotopic (exact) mass is 393 g/mol. The lowest BCUT2D eigenvalue weighted by atomic mass is 10.2. The highest BCUT2D eigenvalue weighted by Crippen LogP contribution is 2.29. The van der Waals surface area contributed by atoms with Crippen LogP contribution in [0.15, 0.2) is 41.3 Å². The van der Waals surface area contributed by atoms with Crippen LogP contribution in [0.4, 0.5) is 0 Å². The number of benzene rings is 1. The lowest BCUT2D eigenvalue weighted by Crippen LogP contribution is -2.22. The van der Waals surface area contributed by atoms with Crippen molar-refractivity contribution in [1.82, 2.24) is 5.32 Å². The molecule has 1 aromatic carbocycles. The van der Waals surface area contributed by atoms with Gasteiger partial charge in [-0.2, -0.15) is 0 Å². The maximum atomic E-state index is 12.5. The molecular weight excluding hydrogens is 374 g/mol. The van der Waals surface area contributed by atoms with Crippen LogP contribution in [0.1, 0.15) is 50.6 Å². The molecule has 138 valence electrons. The molecule has 0 unspecified atom stereocenters. The molecule has 1 aliphatic rings. The number of amides is 1. The van der Waals surface area contributed by atoms with Gasteiger partial charge in [-0.1, -0.05) is 12.8 Å². The van der Waals surface area contributed by atoms with Crippen molar-refractivity contribution < 1.29 is 23.1 Å². The molecule has 6 nitrogen and oxygen atoms in total. The summed E-state index contributed by atoms with van der Waals surface area (Å²) in [5.74, 6) is -1.33. The highest BCUT2D eigenvalue weighted by molar-refractivity contribution is 7.92. The van der Waals surface area contributed by atoms with Crippen LogP contribution in [0.5, 0.6) is 0 Å². The van der Waals surface area contributed by atoms with Crippen LogP contribution in [-0.4, -0.2) is 30.7 Å². The molecule has 0 radical (unpaired) electrons. The zero-order valence-electron chi connectivity index (χ0n) is 14.0. The standard InChI is InChI=1S/C18H19NO5S2/c20-17(19-11-13-7-10-16(25-13)18(21)22)12-5-8-15(9-6-12)26(23,24)14-3-1-2-4-14/h5-10,14H,1-4,11H2,(H,19,20)(H,21,22). The minimum absolute atomic E-state index is 0.218. The number of thiophene rings is 1. The van der Waals surface area contributed by atoms with Gasteiger partial charge in [0.1, 0.15) is 4.88 Å². The predicted molar refractivity (Wildman–Crippen MR) is 98.3 cm³/mol. The number of rotatable bonds is 6. The van der Waals surface area contributed by atoms with Crippen molar-refractivity contribution in [2.75, 3.05) is 0 Å². The van der Waals surface area contributed by atoms with Gasteiger partial charge >= 0.3 is 5.97 Å². The molecule has 2 N–H and O–H groups in total. The van der Waals surface area contributed by atoms with Crippen molar-refractivity contribution >= 4 is 33.1 Å². The van der Waals surface area contributed by atoms with Crippen LogP contribution in [0.25, 0.3) is 0 Å². The maximum Gasteiger partial charge on any atom is 0.345 e. The number of hydrogen-bond acceptors (Lipinski definition) is 5. The lowest BCUT2D eigenvalue weighted by Gasteiger charge is -2.11. The zero-order valence-corrected chi connectivity index (χ0v) is 15.6. The van der Waals surface area contributed by atoms with Gasteiger partial charge in [0, 0.05) is 10.4 Å². The molecule has 0 atom stereocenters. The molecule has 0 saturated heterocycles. The molecule has 1 amide bonds. The predicted octanol–water partition coefficient (Wildman–Crippen LogP) is 3.09. The van der Waals surface area contributed by atoms with E-state index in [1.165, 1.54) is 30.3 Å². The van der Waals surface area contributed by atoms with Gasteiger partial charge in [0.2, 0.25) is 0 Å². The van der Waals surface area contributed by atoms with Crippen LogP contribution in [-0.2, 0) is 16.4 Å². The van der Waals surface area contributed by atoms with Gasteiger partial charge in [-0.25, -0.2) is 13.2 Å². The Morgan fingerprint density at radius 1 is 1.08 bits per heavy atom. The van der Waals surface area contributed by atoms with Crippen LogP contribution in [0.3, 0.4) is 0 Å². The summed E-state index contributed by atoms with van der Waals surface area (Å²) in [5, 5.41) is 11.3. The van der Waals surface area contributed by atoms with Crippen molar-refractivity contribution in [2.24, 2.45) is 0 Å². The third-order valence-electron chi connectivity index (χ3n) is 4.48. The smallest absolute Gasteiger partial charge is 0.345 e. The first-order valence-corrected chi connectivity index (χ1v) is 10.7. The van der Waals surface area contributed by atoms with E-state index in [0.29, 0.717) is 18.4 Å². The summed E-state index contributed by atoms with van der Waals surface area (Å²) in [7, 11) is -3.33. The average Bonchev–Trinajstić information content (AvgIpc) is 3.31. The largest absolute Gasteiger partial charge is 0.477 e. The van der Waals surface area contributed by atoms with Crippen molar-refractivity contribution in [3.05, 3.63) is 51.7 Å². The summed E-state index contributed by atoms with van der Waals surface area (Å²) in [5.41, 5.74) is 0.366. The van der Waals surface area contributed by atoms with E-state index in [1.54, 1.807) is 6.07 Å². The molecule has 1 aromatic heterocycles. The first-order valence-electron chi connectivity index (χ1n) is 8.32. The van der Waals surface area contributed by atoms with Gasteiger partial charge < -0.3 is 10.4 Å². The Morgan fingerprint density at radius 3 is 2.31 bits per heavy atom. The van der Waals surface area contributed by atoms with Crippen LogP contribution in [0.2, 0.25) is 0 Å². The summed E-state index contributed by atoms with van der Waals surface area (Å²) in [4.78, 5) is 24.3. The molecule has 0 bridgehead atoms. The minimum atomic E-state index is -3.33. The summed E-state index contributed by atoms with van der Waals surface area (Å²) in [6, 6.07) is 9.14. The van der Waals surface area contributed by atoms with E-state index in [-0.39, 0.29) is 27.5 Å². The highest BCUT2D eigenvalue weighted by Gasteiger charge is 2.30. The number of hydrogen-bond donors (Lipinski definition) is 2. The maximum absolute atomic E-state index is 12.5. The third kappa shape index (κ3) is 3.96. The van der Waals surface area contributed by atoms with Crippen LogP contribution < -0.4 is 5.32 Å². The Balaban J connectivity index is 1.64. The van der Waals surface area contributed by atoms with E-state index in [0.717, 1.165) is 29.1 Å². The number of sulfone groups is 1. The summed E-state index contributed by atoms with van der Waals surface area (Å²) in [6.45, 7) is 0.221. The molecule has 0 aliphatic heterocycles. The molecule has 1 heterocycles. The van der Waals surface area contributed by atoms with Gasteiger partial charge in [0.15, 0.2) is 9.84 Å². The Kier molecular flexibility index (Phi) is 5.43. The first kappa shape index (κ1) is 18.6. The van der Waals surface area contributed by atoms with Crippen LogP contribution in [0, 0.1) is 0 Å². The van der Waals surface area contributed by atoms with Gasteiger partial charge in [-0.15, -0.1) is 11.3 Å². The fourth-order valence-corrected chi connectivity index (χ4v) is 5.68. The number of carbonyl (C=O) groups excluding carboxylic acids is 1. The molecule has 1 fully saturated rings. The fraction of sp³-hybridized carbons (Fsp3) is 0.333. The van der Waals surface area contributed by atoms with E-state index in [1.807, 2.05) is 0 Å². The zero-order chi connectivity index (χ0) is 18.7. The second-order valence-corrected chi connectivity index (χ2v) is 9.63. The number of carbonyl (C=O) groups is 2. The summed E-state index contributed by atoms with van der Waals surface area (Å²) >= 11 is 1.10. The first-order chi connectivity index (χ1) is 12.4. The summed E-state index contributed by atoms with van der Waals surface area (Å²) < 4.78 is 25.1. The topological polar surface area (TPSA) is 101 Å². The van der Waals surface area contributed by atoms with Gasteiger partial charge in [0.05, 0.1) is 16.7 Å². The number of nitrogens with one attached hydrogen (secondary N) is 1. The molecule has 26 heavy (non-hydrogen) atoms. The second kappa shape index (κ2) is 7.59. The molecule has 1 saturated carbocycles. The van der Waals surface area contributed by atoms with Gasteiger partial charge in [-0.05, 0) is 49.2 Å². The van der Waals surface area contributed by atoms with Crippen molar-refractivity contribution in [1.29, 1.82) is 0 Å². The normalized spacial score (nSPS) is 15.1. The van der Waals surface area contributed by atoms with E-state index in [9.17, 15) is 18.0 Å². The van der Waals surface area contributed by atoms with E-state index >= 15 is 0 Å². The SMILES string of the molecule is O=C(NCc1ccc(C(=O)O)s1)c1ccc(S(=O)(=O)C2CCCC2)cc1. The van der Waals surface area contributed by atoms with Crippen molar-refractivity contribution in [2.45, 2.75) is 42.4 Å². The molecular formula is C18H19NO5S2. The number of carboxylic acid groups (broad SMARTS) is 1. The summed E-state index contributed by atoms with van der Waals surface area (Å²) in [6.07, 6.45) is 3.28. The quantitative estimate of drug-likeness (QED) is 0.785. The molecule has 0 spiro atoms. The van der Waals surface area contributed by atoms with Crippen LogP contribution >= 0.6 is 11.3 Å². The Bertz CT molecular complexity index is 909. The minimum Gasteiger partial charge on any atom is -0.477 e.